The second-order valence-electron chi connectivity index (χ2n) is 7.69. The monoisotopic (exact) mass is 514 g/mol. The lowest BCUT2D eigenvalue weighted by Crippen LogP contribution is -2.50. The third-order valence-electron chi connectivity index (χ3n) is 5.12. The number of carbonyl (C=O) groups excluding carboxylic acids is 6. The molecule has 36 heavy (non-hydrogen) atoms. The van der Waals surface area contributed by atoms with Crippen LogP contribution in [0.5, 0.6) is 0 Å². The van der Waals surface area contributed by atoms with Crippen LogP contribution in [0.1, 0.15) is 0 Å². The lowest BCUT2D eigenvalue weighted by Gasteiger charge is -2.30. The fraction of sp³-hybridized carbons (Fsp3) is 0.556. The lowest BCUT2D eigenvalue weighted by molar-refractivity contribution is -0.137. The number of carbonyl (C=O) groups is 6. The molecule has 0 aromatic rings. The number of nitrogens with two attached hydrogens (primary N) is 4. The van der Waals surface area contributed by atoms with E-state index >= 15 is 0 Å². The van der Waals surface area contributed by atoms with E-state index in [2.05, 4.69) is 0 Å². The molecule has 0 bridgehead atoms. The zero-order chi connectivity index (χ0) is 27.1. The number of amides is 6. The van der Waals surface area contributed by atoms with E-state index in [9.17, 15) is 28.8 Å². The predicted molar refractivity (Wildman–Crippen MR) is 125 cm³/mol. The summed E-state index contributed by atoms with van der Waals surface area (Å²) in [5.74, 6) is 17.6. The summed E-state index contributed by atoms with van der Waals surface area (Å²) in [4.78, 5) is 76.7. The van der Waals surface area contributed by atoms with Crippen LogP contribution in [0.15, 0.2) is 12.2 Å². The Morgan fingerprint density at radius 3 is 1.19 bits per heavy atom. The van der Waals surface area contributed by atoms with Gasteiger partial charge in [-0.3, -0.25) is 70.1 Å². The molecule has 0 aliphatic carbocycles. The van der Waals surface area contributed by atoms with Gasteiger partial charge in [0.05, 0.1) is 26.2 Å². The van der Waals surface area contributed by atoms with Crippen molar-refractivity contribution in [1.29, 1.82) is 0 Å². The Labute approximate surface area is 207 Å². The van der Waals surface area contributed by atoms with Crippen molar-refractivity contribution in [2.45, 2.75) is 0 Å². The number of imide groups is 1. The molecule has 1 heterocycles. The van der Waals surface area contributed by atoms with Crippen LogP contribution in [-0.2, 0) is 28.8 Å². The summed E-state index contributed by atoms with van der Waals surface area (Å²) in [7, 11) is 0. The van der Waals surface area contributed by atoms with Crippen LogP contribution in [0, 0.1) is 0 Å². The molecule has 0 saturated carbocycles. The molecule has 1 rings (SSSR count). The van der Waals surface area contributed by atoms with Gasteiger partial charge < -0.3 is 0 Å². The summed E-state index contributed by atoms with van der Waals surface area (Å²) < 4.78 is 0. The van der Waals surface area contributed by atoms with E-state index in [1.165, 1.54) is 22.0 Å². The molecular formula is C18H34N12O6. The van der Waals surface area contributed by atoms with Gasteiger partial charge >= 0.3 is 0 Å². The molecule has 0 aromatic carbocycles. The van der Waals surface area contributed by atoms with Gasteiger partial charge in [0.15, 0.2) is 0 Å². The van der Waals surface area contributed by atoms with E-state index < -0.39 is 35.4 Å². The molecule has 0 aromatic heterocycles. The molecule has 18 heteroatoms. The van der Waals surface area contributed by atoms with Gasteiger partial charge in [-0.05, 0) is 0 Å². The van der Waals surface area contributed by atoms with Crippen LogP contribution in [0.2, 0.25) is 0 Å². The molecule has 12 N–H and O–H groups in total. The largest absolute Gasteiger partial charge is 0.299 e. The van der Waals surface area contributed by atoms with Gasteiger partial charge in [0.25, 0.3) is 11.8 Å². The Bertz CT molecular complexity index is 739. The van der Waals surface area contributed by atoms with Crippen molar-refractivity contribution in [3.05, 3.63) is 12.2 Å². The fourth-order valence-corrected chi connectivity index (χ4v) is 3.22. The fourth-order valence-electron chi connectivity index (χ4n) is 3.22. The van der Waals surface area contributed by atoms with Gasteiger partial charge in [-0.25, -0.2) is 23.4 Å². The topological polar surface area (TPSA) is 268 Å². The number of nitrogens with one attached hydrogen (secondary N) is 4. The van der Waals surface area contributed by atoms with Gasteiger partial charge in [-0.15, -0.1) is 0 Å². The Balaban J connectivity index is 2.91. The maximum Gasteiger partial charge on any atom is 0.253 e. The Hall–Kier alpha value is -3.52. The van der Waals surface area contributed by atoms with Crippen LogP contribution in [0.25, 0.3) is 0 Å². The third kappa shape index (κ3) is 11.3. The molecule has 202 valence electrons. The van der Waals surface area contributed by atoms with Gasteiger partial charge in [0.2, 0.25) is 23.6 Å². The first-order chi connectivity index (χ1) is 17.1. The van der Waals surface area contributed by atoms with Crippen LogP contribution >= 0.6 is 0 Å². The van der Waals surface area contributed by atoms with Crippen LogP contribution in [0.3, 0.4) is 0 Å². The molecule has 6 amide bonds. The minimum absolute atomic E-state index is 0.0732. The molecule has 0 radical (unpaired) electrons. The SMILES string of the molecule is NNC(=O)CN(CCN(CCN(CC(=O)NN)CC(=O)NN)CCN1C(=O)C=CC1=O)CC(=O)NN. The summed E-state index contributed by atoms with van der Waals surface area (Å²) in [6, 6.07) is 0. The smallest absolute Gasteiger partial charge is 0.253 e. The minimum atomic E-state index is -0.530. The van der Waals surface area contributed by atoms with Crippen molar-refractivity contribution < 1.29 is 28.8 Å². The number of rotatable bonds is 17. The first-order valence-corrected chi connectivity index (χ1v) is 10.8. The van der Waals surface area contributed by atoms with E-state index in [0.29, 0.717) is 0 Å². The average molecular weight is 515 g/mol. The summed E-state index contributed by atoms with van der Waals surface area (Å²) in [5, 5.41) is 0. The summed E-state index contributed by atoms with van der Waals surface area (Å²) in [5.41, 5.74) is 7.94. The highest BCUT2D eigenvalue weighted by Gasteiger charge is 2.24. The summed E-state index contributed by atoms with van der Waals surface area (Å²) in [6.45, 7) is 0.506. The van der Waals surface area contributed by atoms with Crippen LogP contribution in [0.4, 0.5) is 0 Å². The van der Waals surface area contributed by atoms with Gasteiger partial charge in [-0.2, -0.15) is 0 Å². The number of hydrogen-bond donors (Lipinski definition) is 8. The molecule has 0 fully saturated rings. The summed E-state index contributed by atoms with van der Waals surface area (Å²) in [6.07, 6.45) is 2.34. The number of hydrazine groups is 4. The van der Waals surface area contributed by atoms with Gasteiger partial charge in [0.1, 0.15) is 0 Å². The first-order valence-electron chi connectivity index (χ1n) is 10.8. The maximum absolute atomic E-state index is 11.9. The second kappa shape index (κ2) is 16.2. The van der Waals surface area contributed by atoms with E-state index in [0.717, 1.165) is 4.90 Å². The highest BCUT2D eigenvalue weighted by Crippen LogP contribution is 2.04. The van der Waals surface area contributed by atoms with Crippen LogP contribution in [-0.4, -0.2) is 120 Å². The molecular weight excluding hydrogens is 480 g/mol. The van der Waals surface area contributed by atoms with Crippen molar-refractivity contribution in [2.75, 3.05) is 65.4 Å². The first kappa shape index (κ1) is 30.5. The molecule has 1 aliphatic heterocycles. The highest BCUT2D eigenvalue weighted by molar-refractivity contribution is 6.12. The molecule has 18 nitrogen and oxygen atoms in total. The van der Waals surface area contributed by atoms with Crippen molar-refractivity contribution in [3.8, 4) is 0 Å². The quantitative estimate of drug-likeness (QED) is 0.0388. The second-order valence-corrected chi connectivity index (χ2v) is 7.69. The normalized spacial score (nSPS) is 13.0. The van der Waals surface area contributed by atoms with E-state index in [1.807, 2.05) is 26.6 Å². The molecule has 0 atom stereocenters. The zero-order valence-electron chi connectivity index (χ0n) is 19.8. The molecule has 1 aliphatic rings. The third-order valence-corrected chi connectivity index (χ3v) is 5.12. The van der Waals surface area contributed by atoms with Crippen LogP contribution < -0.4 is 45.1 Å². The Morgan fingerprint density at radius 1 is 0.583 bits per heavy atom. The molecule has 0 unspecified atom stereocenters. The van der Waals surface area contributed by atoms with Crippen molar-refractivity contribution in [1.82, 2.24) is 41.3 Å². The van der Waals surface area contributed by atoms with Gasteiger partial charge in [0, 0.05) is 51.4 Å². The number of hydrogen-bond acceptors (Lipinski definition) is 13. The van der Waals surface area contributed by atoms with E-state index in [-0.39, 0.29) is 65.4 Å². The van der Waals surface area contributed by atoms with Gasteiger partial charge in [-0.1, -0.05) is 0 Å². The average Bonchev–Trinajstić information content (AvgIpc) is 3.19. The standard InChI is InChI=1S/C18H34N12O6/c19-23-13(31)9-28(10-14(32)24-20)5-3-27(7-8-30-17(35)1-2-18(30)36)4-6-29(11-15(33)25-21)12-16(34)26-22/h1-2H,3-12,19-22H2,(H,23,31)(H,24,32)(H,25,33)(H,26,34). The molecule has 0 saturated heterocycles. The molecule has 0 spiro atoms. The van der Waals surface area contributed by atoms with E-state index in [4.69, 9.17) is 23.4 Å². The Kier molecular flexibility index (Phi) is 13.7. The minimum Gasteiger partial charge on any atom is -0.299 e. The lowest BCUT2D eigenvalue weighted by atomic mass is 10.3. The maximum atomic E-state index is 11.9. The van der Waals surface area contributed by atoms with E-state index in [1.54, 1.807) is 0 Å². The van der Waals surface area contributed by atoms with Crippen molar-refractivity contribution in [3.63, 3.8) is 0 Å². The Morgan fingerprint density at radius 2 is 0.889 bits per heavy atom. The number of nitrogens with zero attached hydrogens (tertiary/aromatic N) is 4. The van der Waals surface area contributed by atoms with Crippen molar-refractivity contribution in [2.24, 2.45) is 23.4 Å². The zero-order valence-corrected chi connectivity index (χ0v) is 19.8. The summed E-state index contributed by atoms with van der Waals surface area (Å²) >= 11 is 0. The predicted octanol–water partition coefficient (Wildman–Crippen LogP) is -7.22. The highest BCUT2D eigenvalue weighted by atomic mass is 16.2. The van der Waals surface area contributed by atoms with Crippen molar-refractivity contribution >= 4 is 35.4 Å².